The van der Waals surface area contributed by atoms with Gasteiger partial charge in [0.05, 0.1) is 5.69 Å². The summed E-state index contributed by atoms with van der Waals surface area (Å²) in [7, 11) is -1.40. The SMILES string of the molecule is O=C1COc2ccc(C(=O)N3CC4(CC(=CB(O)O)C4)C3)cc2N1. The molecule has 2 amide bonds. The zero-order valence-electron chi connectivity index (χ0n) is 13.0. The van der Waals surface area contributed by atoms with E-state index in [1.54, 1.807) is 23.1 Å². The summed E-state index contributed by atoms with van der Waals surface area (Å²) in [5, 5.41) is 20.6. The van der Waals surface area contributed by atoms with Crippen LogP contribution in [0.4, 0.5) is 5.69 Å². The van der Waals surface area contributed by atoms with Gasteiger partial charge in [0.2, 0.25) is 0 Å². The molecule has 7 nitrogen and oxygen atoms in total. The number of likely N-dealkylation sites (tertiary alicyclic amines) is 1. The van der Waals surface area contributed by atoms with Crippen LogP contribution in [0.2, 0.25) is 0 Å². The van der Waals surface area contributed by atoms with Gasteiger partial charge < -0.3 is 25.0 Å². The minimum atomic E-state index is -1.40. The van der Waals surface area contributed by atoms with Crippen LogP contribution in [0.25, 0.3) is 0 Å². The second kappa shape index (κ2) is 5.36. The number of nitrogens with zero attached hydrogens (tertiary/aromatic N) is 1. The smallest absolute Gasteiger partial charge is 0.480 e. The maximum Gasteiger partial charge on any atom is 0.480 e. The standard InChI is InChI=1S/C16H17BN2O5/c20-14-7-24-13-2-1-11(3-12(13)18-14)15(21)19-8-16(9-19)4-10(5-16)6-17(22)23/h1-3,6,22-23H,4-5,7-9H2,(H,18,20). The molecule has 2 fully saturated rings. The third kappa shape index (κ3) is 2.57. The lowest BCUT2D eigenvalue weighted by Crippen LogP contribution is -2.62. The van der Waals surface area contributed by atoms with Crippen molar-refractivity contribution in [3.05, 3.63) is 35.3 Å². The van der Waals surface area contributed by atoms with Crippen LogP contribution >= 0.6 is 0 Å². The van der Waals surface area contributed by atoms with Crippen molar-refractivity contribution >= 4 is 24.6 Å². The van der Waals surface area contributed by atoms with Crippen LogP contribution in [0.1, 0.15) is 23.2 Å². The first-order chi connectivity index (χ1) is 11.4. The fourth-order valence-electron chi connectivity index (χ4n) is 3.77. The summed E-state index contributed by atoms with van der Waals surface area (Å²) in [5.41, 5.74) is 2.18. The molecule has 4 rings (SSSR count). The Labute approximate surface area is 139 Å². The van der Waals surface area contributed by atoms with Crippen LogP contribution in [0.3, 0.4) is 0 Å². The Balaban J connectivity index is 1.40. The Kier molecular flexibility index (Phi) is 3.40. The molecule has 0 atom stereocenters. The average molecular weight is 328 g/mol. The van der Waals surface area contributed by atoms with Gasteiger partial charge >= 0.3 is 7.12 Å². The zero-order chi connectivity index (χ0) is 16.9. The average Bonchev–Trinajstić information content (AvgIpc) is 2.46. The Morgan fingerprint density at radius 2 is 2.08 bits per heavy atom. The van der Waals surface area contributed by atoms with Crippen molar-refractivity contribution in [1.82, 2.24) is 4.90 Å². The van der Waals surface area contributed by atoms with E-state index in [2.05, 4.69) is 5.32 Å². The van der Waals surface area contributed by atoms with Crippen molar-refractivity contribution in [1.29, 1.82) is 0 Å². The summed E-state index contributed by atoms with van der Waals surface area (Å²) in [6.07, 6.45) is 1.62. The van der Waals surface area contributed by atoms with Gasteiger partial charge in [-0.1, -0.05) is 11.5 Å². The number of ether oxygens (including phenoxy) is 1. The second-order valence-electron chi connectivity index (χ2n) is 6.80. The number of carbonyl (C=O) groups is 2. The molecule has 0 unspecified atom stereocenters. The largest absolute Gasteiger partial charge is 0.482 e. The lowest BCUT2D eigenvalue weighted by Gasteiger charge is -2.57. The van der Waals surface area contributed by atoms with Gasteiger partial charge in [-0.05, 0) is 31.0 Å². The van der Waals surface area contributed by atoms with Crippen molar-refractivity contribution in [2.75, 3.05) is 25.0 Å². The zero-order valence-corrected chi connectivity index (χ0v) is 13.0. The Morgan fingerprint density at radius 3 is 2.79 bits per heavy atom. The molecule has 1 saturated carbocycles. The fraction of sp³-hybridized carbons (Fsp3) is 0.375. The molecule has 1 aliphatic carbocycles. The van der Waals surface area contributed by atoms with Gasteiger partial charge in [-0.15, -0.1) is 0 Å². The normalized spacial score (nSPS) is 20.3. The Bertz CT molecular complexity index is 745. The van der Waals surface area contributed by atoms with Crippen LogP contribution in [-0.4, -0.2) is 53.6 Å². The molecule has 24 heavy (non-hydrogen) atoms. The number of benzene rings is 1. The van der Waals surface area contributed by atoms with Crippen molar-refractivity contribution in [2.45, 2.75) is 12.8 Å². The van der Waals surface area contributed by atoms with Gasteiger partial charge in [-0.2, -0.15) is 0 Å². The number of rotatable bonds is 2. The van der Waals surface area contributed by atoms with Gasteiger partial charge in [0.15, 0.2) is 6.61 Å². The van der Waals surface area contributed by atoms with E-state index in [1.165, 1.54) is 5.98 Å². The highest BCUT2D eigenvalue weighted by atomic mass is 16.5. The van der Waals surface area contributed by atoms with Crippen LogP contribution in [-0.2, 0) is 4.79 Å². The Hall–Kier alpha value is -2.32. The quantitative estimate of drug-likeness (QED) is 0.673. The van der Waals surface area contributed by atoms with E-state index >= 15 is 0 Å². The predicted octanol–water partition coefficient (Wildman–Crippen LogP) is 0.192. The molecule has 0 bridgehead atoms. The molecule has 1 saturated heterocycles. The topological polar surface area (TPSA) is 99.1 Å². The van der Waals surface area contributed by atoms with E-state index < -0.39 is 7.12 Å². The van der Waals surface area contributed by atoms with Crippen LogP contribution < -0.4 is 10.1 Å². The highest BCUT2D eigenvalue weighted by Gasteiger charge is 2.51. The molecule has 3 N–H and O–H groups in total. The van der Waals surface area contributed by atoms with E-state index in [4.69, 9.17) is 14.8 Å². The minimum Gasteiger partial charge on any atom is -0.482 e. The molecule has 8 heteroatoms. The Morgan fingerprint density at radius 1 is 1.33 bits per heavy atom. The van der Waals surface area contributed by atoms with E-state index in [9.17, 15) is 9.59 Å². The van der Waals surface area contributed by atoms with E-state index in [0.717, 1.165) is 18.4 Å². The molecular weight excluding hydrogens is 311 g/mol. The molecule has 1 aromatic carbocycles. The summed E-state index contributed by atoms with van der Waals surface area (Å²) in [4.78, 5) is 25.7. The van der Waals surface area contributed by atoms with E-state index in [1.807, 2.05) is 0 Å². The molecule has 3 aliphatic rings. The summed E-state index contributed by atoms with van der Waals surface area (Å²) < 4.78 is 5.29. The summed E-state index contributed by atoms with van der Waals surface area (Å²) >= 11 is 0. The first kappa shape index (κ1) is 15.2. The molecule has 1 spiro atoms. The van der Waals surface area contributed by atoms with Crippen molar-refractivity contribution in [3.8, 4) is 5.75 Å². The number of nitrogens with one attached hydrogen (secondary N) is 1. The third-order valence-electron chi connectivity index (χ3n) is 4.79. The third-order valence-corrected chi connectivity index (χ3v) is 4.79. The molecule has 0 radical (unpaired) electrons. The van der Waals surface area contributed by atoms with Crippen molar-refractivity contribution in [2.24, 2.45) is 5.41 Å². The maximum absolute atomic E-state index is 12.6. The van der Waals surface area contributed by atoms with Gasteiger partial charge in [0.1, 0.15) is 5.75 Å². The first-order valence-electron chi connectivity index (χ1n) is 7.86. The number of carbonyl (C=O) groups excluding carboxylic acids is 2. The van der Waals surface area contributed by atoms with Gasteiger partial charge in [-0.3, -0.25) is 9.59 Å². The lowest BCUT2D eigenvalue weighted by atomic mass is 9.59. The minimum absolute atomic E-state index is 0.00662. The molecule has 124 valence electrons. The first-order valence-corrected chi connectivity index (χ1v) is 7.86. The number of anilines is 1. The molecule has 1 aromatic rings. The van der Waals surface area contributed by atoms with Crippen LogP contribution in [0.15, 0.2) is 29.7 Å². The lowest BCUT2D eigenvalue weighted by molar-refractivity contribution is -0.118. The number of hydrogen-bond acceptors (Lipinski definition) is 5. The van der Waals surface area contributed by atoms with Crippen molar-refractivity contribution < 1.29 is 24.4 Å². The number of allylic oxidation sites excluding steroid dienone is 1. The van der Waals surface area contributed by atoms with E-state index in [0.29, 0.717) is 30.1 Å². The molecule has 2 aliphatic heterocycles. The predicted molar refractivity (Wildman–Crippen MR) is 86.4 cm³/mol. The highest BCUT2D eigenvalue weighted by molar-refractivity contribution is 6.47. The number of hydrogen-bond donors (Lipinski definition) is 3. The monoisotopic (exact) mass is 328 g/mol. The van der Waals surface area contributed by atoms with Crippen LogP contribution in [0.5, 0.6) is 5.75 Å². The molecule has 2 heterocycles. The van der Waals surface area contributed by atoms with Gasteiger partial charge in [-0.25, -0.2) is 0 Å². The van der Waals surface area contributed by atoms with Gasteiger partial charge in [0.25, 0.3) is 11.8 Å². The maximum atomic E-state index is 12.6. The molecular formula is C16H17BN2O5. The number of amides is 2. The van der Waals surface area contributed by atoms with Crippen molar-refractivity contribution in [3.63, 3.8) is 0 Å². The number of fused-ring (bicyclic) bond motifs is 1. The van der Waals surface area contributed by atoms with E-state index in [-0.39, 0.29) is 23.8 Å². The second-order valence-corrected chi connectivity index (χ2v) is 6.80. The summed E-state index contributed by atoms with van der Waals surface area (Å²) in [6, 6.07) is 5.05. The summed E-state index contributed by atoms with van der Waals surface area (Å²) in [5.74, 6) is 1.74. The summed E-state index contributed by atoms with van der Waals surface area (Å²) in [6.45, 7) is 1.34. The fourth-order valence-corrected chi connectivity index (χ4v) is 3.77. The van der Waals surface area contributed by atoms with Crippen LogP contribution in [0, 0.1) is 5.41 Å². The van der Waals surface area contributed by atoms with Gasteiger partial charge in [0, 0.05) is 24.1 Å². The molecule has 0 aromatic heterocycles. The highest BCUT2D eigenvalue weighted by Crippen LogP contribution is 2.51.